The molecule has 2 N–H and O–H groups in total. The minimum Gasteiger partial charge on any atom is -0.346 e. The summed E-state index contributed by atoms with van der Waals surface area (Å²) in [4.78, 5) is 3.96. The Morgan fingerprint density at radius 3 is 2.70 bits per heavy atom. The van der Waals surface area contributed by atoms with Crippen LogP contribution in [0.4, 0.5) is 26.0 Å². The molecule has 0 bridgehead atoms. The Labute approximate surface area is 143 Å². The van der Waals surface area contributed by atoms with Crippen LogP contribution in [-0.4, -0.2) is 23.0 Å². The number of hydrogen-bond acceptors (Lipinski definition) is 5. The van der Waals surface area contributed by atoms with E-state index < -0.39 is 22.7 Å². The fourth-order valence-electron chi connectivity index (χ4n) is 1.91. The number of anilines is 3. The molecule has 23 heavy (non-hydrogen) atoms. The number of rotatable bonds is 4. The van der Waals surface area contributed by atoms with Gasteiger partial charge in [-0.3, -0.25) is 4.72 Å². The molecule has 11 heteroatoms. The molecule has 0 radical (unpaired) electrons. The quantitative estimate of drug-likeness (QED) is 0.322. The van der Waals surface area contributed by atoms with E-state index >= 15 is 0 Å². The molecule has 0 spiro atoms. The molecule has 2 heterocycles. The lowest BCUT2D eigenvalue weighted by Crippen LogP contribution is -2.10. The molecule has 120 valence electrons. The number of benzene rings is 1. The van der Waals surface area contributed by atoms with Gasteiger partial charge in [-0.15, -0.1) is 0 Å². The monoisotopic (exact) mass is 451 g/mol. The number of nitrogens with one attached hydrogen (secondary N) is 2. The van der Waals surface area contributed by atoms with Crippen molar-refractivity contribution in [2.45, 2.75) is 0 Å². The zero-order valence-electron chi connectivity index (χ0n) is 11.1. The highest BCUT2D eigenvalue weighted by molar-refractivity contribution is 14.1. The molecule has 0 atom stereocenters. The lowest BCUT2D eigenvalue weighted by Gasteiger charge is -2.13. The van der Waals surface area contributed by atoms with Crippen molar-refractivity contribution in [3.05, 3.63) is 45.8 Å². The fraction of sp³-hybridized carbons (Fsp3) is 0. The summed E-state index contributed by atoms with van der Waals surface area (Å²) in [5.41, 5.74) is -0.252. The lowest BCUT2D eigenvalue weighted by molar-refractivity contribution is 0.546. The van der Waals surface area contributed by atoms with Gasteiger partial charge in [-0.2, -0.15) is 14.0 Å². The van der Waals surface area contributed by atoms with Gasteiger partial charge in [0.25, 0.3) is 0 Å². The van der Waals surface area contributed by atoms with Crippen LogP contribution in [0.25, 0.3) is 5.65 Å². The molecular formula is C12H8F2IN5O2S. The average molecular weight is 451 g/mol. The first-order valence-electron chi connectivity index (χ1n) is 6.12. The Bertz CT molecular complexity index is 967. The highest BCUT2D eigenvalue weighted by atomic mass is 127. The smallest absolute Gasteiger partial charge is 0.243 e. The standard InChI is InChI=1S/C12H8F2IN5O2S/c13-7-5-6(15)1-2-8(7)17-10-11(14)20-9(3-4-16-20)18-12(10)19-23(21)22/h1-5,17,23H,(H,18,19,21,22). The Morgan fingerprint density at radius 2 is 2.00 bits per heavy atom. The Morgan fingerprint density at radius 1 is 1.22 bits per heavy atom. The molecule has 0 aliphatic rings. The summed E-state index contributed by atoms with van der Waals surface area (Å²) in [6.45, 7) is 0. The summed E-state index contributed by atoms with van der Waals surface area (Å²) in [6.07, 6.45) is 1.31. The van der Waals surface area contributed by atoms with Crippen molar-refractivity contribution in [1.29, 1.82) is 0 Å². The Kier molecular flexibility index (Phi) is 4.30. The van der Waals surface area contributed by atoms with Gasteiger partial charge in [0.2, 0.25) is 16.8 Å². The van der Waals surface area contributed by atoms with Gasteiger partial charge in [-0.05, 0) is 40.8 Å². The van der Waals surface area contributed by atoms with Crippen molar-refractivity contribution in [1.82, 2.24) is 14.6 Å². The van der Waals surface area contributed by atoms with Gasteiger partial charge >= 0.3 is 0 Å². The maximum absolute atomic E-state index is 14.5. The Balaban J connectivity index is 2.15. The molecule has 7 nitrogen and oxygen atoms in total. The van der Waals surface area contributed by atoms with Crippen LogP contribution in [0.1, 0.15) is 0 Å². The number of nitrogens with zero attached hydrogens (tertiary/aromatic N) is 3. The highest BCUT2D eigenvalue weighted by Crippen LogP contribution is 2.29. The van der Waals surface area contributed by atoms with Crippen LogP contribution in [0.15, 0.2) is 30.5 Å². The van der Waals surface area contributed by atoms with Crippen LogP contribution in [0.5, 0.6) is 0 Å². The van der Waals surface area contributed by atoms with Gasteiger partial charge in [0.05, 0.1) is 11.9 Å². The third-order valence-corrected chi connectivity index (χ3v) is 3.93. The van der Waals surface area contributed by atoms with Gasteiger partial charge in [-0.25, -0.2) is 17.8 Å². The van der Waals surface area contributed by atoms with E-state index in [0.29, 0.717) is 3.57 Å². The summed E-state index contributed by atoms with van der Waals surface area (Å²) in [5.74, 6) is -1.81. The topological polar surface area (TPSA) is 88.4 Å². The second kappa shape index (κ2) is 6.23. The van der Waals surface area contributed by atoms with E-state index in [2.05, 4.69) is 15.4 Å². The summed E-state index contributed by atoms with van der Waals surface area (Å²) in [7, 11) is -3.08. The molecule has 0 amide bonds. The first kappa shape index (κ1) is 15.9. The molecule has 0 saturated heterocycles. The van der Waals surface area contributed by atoms with Crippen LogP contribution in [0, 0.1) is 15.3 Å². The lowest BCUT2D eigenvalue weighted by atomic mass is 10.3. The van der Waals surface area contributed by atoms with E-state index in [0.717, 1.165) is 4.52 Å². The van der Waals surface area contributed by atoms with Crippen molar-refractivity contribution >= 4 is 56.3 Å². The second-order valence-corrected chi connectivity index (χ2v) is 6.33. The second-order valence-electron chi connectivity index (χ2n) is 4.35. The predicted molar refractivity (Wildman–Crippen MR) is 89.3 cm³/mol. The van der Waals surface area contributed by atoms with Gasteiger partial charge in [0, 0.05) is 9.64 Å². The normalized spacial score (nSPS) is 11.1. The van der Waals surface area contributed by atoms with E-state index in [1.807, 2.05) is 27.3 Å². The number of aromatic nitrogens is 3. The van der Waals surface area contributed by atoms with Gasteiger partial charge < -0.3 is 5.32 Å². The molecule has 0 saturated carbocycles. The van der Waals surface area contributed by atoms with Crippen LogP contribution >= 0.6 is 22.6 Å². The summed E-state index contributed by atoms with van der Waals surface area (Å²) >= 11 is 1.93. The zero-order valence-corrected chi connectivity index (χ0v) is 14.2. The molecule has 0 fully saturated rings. The summed E-state index contributed by atoms with van der Waals surface area (Å²) in [6, 6.07) is 5.68. The molecule has 0 aliphatic heterocycles. The van der Waals surface area contributed by atoms with Gasteiger partial charge in [0.1, 0.15) is 11.5 Å². The van der Waals surface area contributed by atoms with E-state index in [1.54, 1.807) is 6.07 Å². The van der Waals surface area contributed by atoms with E-state index in [4.69, 9.17) is 0 Å². The van der Waals surface area contributed by atoms with E-state index in [-0.39, 0.29) is 22.8 Å². The molecule has 3 rings (SSSR count). The molecule has 2 aromatic heterocycles. The summed E-state index contributed by atoms with van der Waals surface area (Å²) in [5, 5.41) is 6.26. The van der Waals surface area contributed by atoms with Gasteiger partial charge in [0.15, 0.2) is 11.5 Å². The Hall–Kier alpha value is -2.02. The minimum absolute atomic E-state index is 0.0261. The SMILES string of the molecule is O=[SH](=O)Nc1nc2ccnn2c(F)c1Nc1ccc(I)cc1F. The number of fused-ring (bicyclic) bond motifs is 1. The molecular weight excluding hydrogens is 443 g/mol. The van der Waals surface area contributed by atoms with Crippen molar-refractivity contribution in [3.8, 4) is 0 Å². The number of hydrogen-bond donors (Lipinski definition) is 3. The average Bonchev–Trinajstić information content (AvgIpc) is 2.93. The molecule has 0 unspecified atom stereocenters. The van der Waals surface area contributed by atoms with Crippen LogP contribution in [0.2, 0.25) is 0 Å². The van der Waals surface area contributed by atoms with Gasteiger partial charge in [-0.1, -0.05) is 0 Å². The highest BCUT2D eigenvalue weighted by Gasteiger charge is 2.18. The zero-order chi connectivity index (χ0) is 16.6. The van der Waals surface area contributed by atoms with Crippen molar-refractivity contribution < 1.29 is 17.2 Å². The first-order chi connectivity index (χ1) is 11.0. The molecule has 3 aromatic rings. The third-order valence-electron chi connectivity index (χ3n) is 2.87. The van der Waals surface area contributed by atoms with E-state index in [9.17, 15) is 17.2 Å². The molecule has 0 aliphatic carbocycles. The number of thiol groups is 1. The van der Waals surface area contributed by atoms with Crippen molar-refractivity contribution in [2.24, 2.45) is 0 Å². The minimum atomic E-state index is -3.08. The third kappa shape index (κ3) is 3.19. The summed E-state index contributed by atoms with van der Waals surface area (Å²) < 4.78 is 53.9. The molecule has 1 aromatic carbocycles. The largest absolute Gasteiger partial charge is 0.346 e. The van der Waals surface area contributed by atoms with E-state index in [1.165, 1.54) is 24.4 Å². The predicted octanol–water partition coefficient (Wildman–Crippen LogP) is 2.29. The first-order valence-corrected chi connectivity index (χ1v) is 8.37. The van der Waals surface area contributed by atoms with Crippen molar-refractivity contribution in [2.75, 3.05) is 10.0 Å². The van der Waals surface area contributed by atoms with Crippen LogP contribution in [-0.2, 0) is 10.9 Å². The number of halogens is 3. The van der Waals surface area contributed by atoms with Crippen LogP contribution < -0.4 is 10.0 Å². The van der Waals surface area contributed by atoms with Crippen LogP contribution in [0.3, 0.4) is 0 Å². The maximum Gasteiger partial charge on any atom is 0.243 e. The van der Waals surface area contributed by atoms with Crippen molar-refractivity contribution in [3.63, 3.8) is 0 Å². The fourth-order valence-corrected chi connectivity index (χ4v) is 2.70. The maximum atomic E-state index is 14.5.